The Bertz CT molecular complexity index is 1430. The van der Waals surface area contributed by atoms with E-state index < -0.39 is 0 Å². The van der Waals surface area contributed by atoms with Gasteiger partial charge in [-0.15, -0.1) is 0 Å². The van der Waals surface area contributed by atoms with Crippen LogP contribution in [0.3, 0.4) is 0 Å². The maximum atomic E-state index is 13.5. The first-order valence-corrected chi connectivity index (χ1v) is 12.2. The topological polar surface area (TPSA) is 46.1 Å². The van der Waals surface area contributed by atoms with Crippen LogP contribution in [-0.2, 0) is 17.8 Å². The number of nitrogens with zero attached hydrogens (tertiary/aromatic N) is 3. The van der Waals surface area contributed by atoms with Gasteiger partial charge in [-0.3, -0.25) is 14.7 Å². The molecule has 4 nitrogen and oxygen atoms in total. The third kappa shape index (κ3) is 4.72. The molecule has 2 heterocycles. The van der Waals surface area contributed by atoms with Crippen LogP contribution in [0, 0.1) is 6.92 Å². The second-order valence-corrected chi connectivity index (χ2v) is 9.47. The van der Waals surface area contributed by atoms with E-state index in [4.69, 9.17) is 16.6 Å². The smallest absolute Gasteiger partial charge is 0.233 e. The van der Waals surface area contributed by atoms with Gasteiger partial charge in [0.15, 0.2) is 5.13 Å². The fourth-order valence-electron chi connectivity index (χ4n) is 3.84. The van der Waals surface area contributed by atoms with E-state index in [0.29, 0.717) is 16.7 Å². The summed E-state index contributed by atoms with van der Waals surface area (Å²) in [5.41, 5.74) is 5.79. The minimum Gasteiger partial charge on any atom is -0.282 e. The molecular formula is C28H22ClN3OS. The number of fused-ring (bicyclic) bond motifs is 1. The predicted molar refractivity (Wildman–Crippen MR) is 140 cm³/mol. The van der Waals surface area contributed by atoms with Gasteiger partial charge in [0.1, 0.15) is 0 Å². The Morgan fingerprint density at radius 3 is 2.38 bits per heavy atom. The van der Waals surface area contributed by atoms with E-state index in [2.05, 4.69) is 29.2 Å². The summed E-state index contributed by atoms with van der Waals surface area (Å²) in [7, 11) is 0. The van der Waals surface area contributed by atoms with Crippen LogP contribution in [-0.4, -0.2) is 15.9 Å². The lowest BCUT2D eigenvalue weighted by Crippen LogP contribution is -2.32. The van der Waals surface area contributed by atoms with Crippen LogP contribution in [0.25, 0.3) is 21.3 Å². The third-order valence-corrected chi connectivity index (χ3v) is 7.18. The zero-order valence-corrected chi connectivity index (χ0v) is 20.2. The molecule has 5 aromatic rings. The number of amides is 1. The molecule has 0 aliphatic heterocycles. The first kappa shape index (κ1) is 22.3. The van der Waals surface area contributed by atoms with Crippen molar-refractivity contribution in [3.8, 4) is 11.1 Å². The number of carbonyl (C=O) groups excluding carboxylic acids is 1. The van der Waals surface area contributed by atoms with E-state index in [9.17, 15) is 4.79 Å². The first-order chi connectivity index (χ1) is 16.6. The van der Waals surface area contributed by atoms with Crippen molar-refractivity contribution < 1.29 is 4.79 Å². The highest BCUT2D eigenvalue weighted by atomic mass is 35.5. The van der Waals surface area contributed by atoms with Crippen LogP contribution in [0.5, 0.6) is 0 Å². The summed E-state index contributed by atoms with van der Waals surface area (Å²) in [5, 5.41) is 1.32. The number of aryl methyl sites for hydroxylation is 1. The van der Waals surface area contributed by atoms with E-state index >= 15 is 0 Å². The molecular weight excluding hydrogens is 462 g/mol. The lowest BCUT2D eigenvalue weighted by molar-refractivity contribution is -0.118. The Balaban J connectivity index is 1.44. The van der Waals surface area contributed by atoms with Gasteiger partial charge < -0.3 is 0 Å². The molecule has 1 amide bonds. The molecule has 6 heteroatoms. The van der Waals surface area contributed by atoms with Crippen LogP contribution in [0.1, 0.15) is 16.8 Å². The molecule has 0 aliphatic carbocycles. The Morgan fingerprint density at radius 2 is 1.65 bits per heavy atom. The van der Waals surface area contributed by atoms with Crippen LogP contribution >= 0.6 is 22.9 Å². The largest absolute Gasteiger partial charge is 0.282 e. The number of pyridine rings is 1. The van der Waals surface area contributed by atoms with Crippen molar-refractivity contribution in [3.63, 3.8) is 0 Å². The van der Waals surface area contributed by atoms with Gasteiger partial charge in [0, 0.05) is 11.2 Å². The summed E-state index contributed by atoms with van der Waals surface area (Å²) in [5.74, 6) is -0.0269. The van der Waals surface area contributed by atoms with Gasteiger partial charge in [0.25, 0.3) is 0 Å². The maximum Gasteiger partial charge on any atom is 0.233 e. The average molecular weight is 484 g/mol. The Kier molecular flexibility index (Phi) is 6.39. The highest BCUT2D eigenvalue weighted by Crippen LogP contribution is 2.34. The van der Waals surface area contributed by atoms with E-state index in [1.54, 1.807) is 11.1 Å². The van der Waals surface area contributed by atoms with Gasteiger partial charge in [-0.25, -0.2) is 4.98 Å². The quantitative estimate of drug-likeness (QED) is 0.259. The molecule has 168 valence electrons. The van der Waals surface area contributed by atoms with Crippen molar-refractivity contribution in [1.29, 1.82) is 0 Å². The van der Waals surface area contributed by atoms with E-state index in [1.807, 2.05) is 67.6 Å². The summed E-state index contributed by atoms with van der Waals surface area (Å²) >= 11 is 7.80. The average Bonchev–Trinajstić information content (AvgIpc) is 3.31. The number of rotatable bonds is 6. The summed E-state index contributed by atoms with van der Waals surface area (Å²) in [6, 6.07) is 27.9. The van der Waals surface area contributed by atoms with Gasteiger partial charge in [-0.2, -0.15) is 0 Å². The number of anilines is 1. The molecule has 0 N–H and O–H groups in total. The molecule has 0 saturated carbocycles. The molecule has 0 radical (unpaired) electrons. The van der Waals surface area contributed by atoms with Crippen molar-refractivity contribution in [2.45, 2.75) is 19.9 Å². The summed E-state index contributed by atoms with van der Waals surface area (Å²) in [6.07, 6.45) is 2.01. The number of aromatic nitrogens is 2. The molecule has 0 aliphatic rings. The fraction of sp³-hybridized carbons (Fsp3) is 0.107. The monoisotopic (exact) mass is 483 g/mol. The van der Waals surface area contributed by atoms with Crippen LogP contribution in [0.4, 0.5) is 5.13 Å². The summed E-state index contributed by atoms with van der Waals surface area (Å²) < 4.78 is 1.00. The molecule has 0 atom stereocenters. The number of hydrogen-bond donors (Lipinski definition) is 0. The van der Waals surface area contributed by atoms with E-state index in [-0.39, 0.29) is 12.3 Å². The number of thiazole rings is 1. The zero-order chi connectivity index (χ0) is 23.5. The zero-order valence-electron chi connectivity index (χ0n) is 18.6. The van der Waals surface area contributed by atoms with Gasteiger partial charge in [0.05, 0.1) is 28.9 Å². The van der Waals surface area contributed by atoms with Gasteiger partial charge in [-0.1, -0.05) is 83.6 Å². The number of carbonyl (C=O) groups is 1. The molecule has 0 bridgehead atoms. The second-order valence-electron chi connectivity index (χ2n) is 8.06. The van der Waals surface area contributed by atoms with Crippen molar-refractivity contribution >= 4 is 44.2 Å². The Morgan fingerprint density at radius 1 is 0.912 bits per heavy atom. The number of benzene rings is 3. The standard InChI is InChI=1S/C28H22ClN3OS/c1-19-24(29)14-15-25-27(19)31-28(34-25)32(18-23-9-5-6-16-30-23)26(33)17-20-10-12-22(13-11-20)21-7-3-2-4-8-21/h2-16H,17-18H2,1H3. The van der Waals surface area contributed by atoms with Gasteiger partial charge in [-0.05, 0) is 53.4 Å². The first-order valence-electron chi connectivity index (χ1n) is 11.0. The molecule has 0 spiro atoms. The van der Waals surface area contributed by atoms with Crippen molar-refractivity contribution in [2.24, 2.45) is 0 Å². The van der Waals surface area contributed by atoms with Crippen molar-refractivity contribution in [1.82, 2.24) is 9.97 Å². The SMILES string of the molecule is Cc1c(Cl)ccc2sc(N(Cc3ccccn3)C(=O)Cc3ccc(-c4ccccc4)cc3)nc12. The normalized spacial score (nSPS) is 11.0. The molecule has 0 unspecified atom stereocenters. The summed E-state index contributed by atoms with van der Waals surface area (Å²) in [4.78, 5) is 24.5. The van der Waals surface area contributed by atoms with E-state index in [1.165, 1.54) is 11.3 Å². The maximum absolute atomic E-state index is 13.5. The third-order valence-electron chi connectivity index (χ3n) is 5.73. The highest BCUT2D eigenvalue weighted by Gasteiger charge is 2.22. The van der Waals surface area contributed by atoms with Gasteiger partial charge >= 0.3 is 0 Å². The van der Waals surface area contributed by atoms with Crippen LogP contribution in [0.2, 0.25) is 5.02 Å². The lowest BCUT2D eigenvalue weighted by Gasteiger charge is -2.19. The van der Waals surface area contributed by atoms with E-state index in [0.717, 1.165) is 38.2 Å². The van der Waals surface area contributed by atoms with Crippen molar-refractivity contribution in [3.05, 3.63) is 113 Å². The summed E-state index contributed by atoms with van der Waals surface area (Å²) in [6.45, 7) is 2.31. The van der Waals surface area contributed by atoms with Crippen LogP contribution in [0.15, 0.2) is 91.1 Å². The fourth-order valence-corrected chi connectivity index (χ4v) is 5.03. The molecule has 3 aromatic carbocycles. The highest BCUT2D eigenvalue weighted by molar-refractivity contribution is 7.22. The molecule has 2 aromatic heterocycles. The predicted octanol–water partition coefficient (Wildman–Crippen LogP) is 7.10. The van der Waals surface area contributed by atoms with Crippen LogP contribution < -0.4 is 4.90 Å². The Hall–Kier alpha value is -3.54. The minimum atomic E-state index is -0.0269. The second kappa shape index (κ2) is 9.75. The van der Waals surface area contributed by atoms with Crippen molar-refractivity contribution in [2.75, 3.05) is 4.90 Å². The van der Waals surface area contributed by atoms with Gasteiger partial charge in [0.2, 0.25) is 5.91 Å². The minimum absolute atomic E-state index is 0.0269. The molecule has 0 saturated heterocycles. The molecule has 34 heavy (non-hydrogen) atoms. The number of halogens is 1. The molecule has 5 rings (SSSR count). The molecule has 0 fully saturated rings. The Labute approximate surface area is 207 Å². The number of hydrogen-bond acceptors (Lipinski definition) is 4. The lowest BCUT2D eigenvalue weighted by atomic mass is 10.0.